The Morgan fingerprint density at radius 2 is 1.93 bits per heavy atom. The van der Waals surface area contributed by atoms with Gasteiger partial charge in [-0.25, -0.2) is 0 Å². The molecular weight excluding hydrogens is 188 g/mol. The van der Waals surface area contributed by atoms with E-state index in [1.165, 1.54) is 0 Å². The molecule has 0 bridgehead atoms. The van der Waals surface area contributed by atoms with Gasteiger partial charge in [0.05, 0.1) is 17.3 Å². The minimum atomic E-state index is -0.549. The van der Waals surface area contributed by atoms with E-state index in [0.29, 0.717) is 0 Å². The standard InChI is InChI=1S/C12H22N2O/c1-6-7-14-12(9-13)8-10(2,3)15-11(12,4)5/h14H,6-8H2,1-5H3. The van der Waals surface area contributed by atoms with Gasteiger partial charge in [0.1, 0.15) is 5.54 Å². The number of nitrogens with one attached hydrogen (secondary N) is 1. The number of nitrogens with zero attached hydrogens (tertiary/aromatic N) is 1. The Balaban J connectivity index is 2.94. The average Bonchev–Trinajstić information content (AvgIpc) is 2.28. The molecule has 1 aliphatic rings. The first kappa shape index (κ1) is 12.5. The van der Waals surface area contributed by atoms with E-state index in [0.717, 1.165) is 19.4 Å². The lowest BCUT2D eigenvalue weighted by Gasteiger charge is -2.34. The molecule has 15 heavy (non-hydrogen) atoms. The summed E-state index contributed by atoms with van der Waals surface area (Å²) in [5, 5.41) is 12.8. The van der Waals surface area contributed by atoms with Gasteiger partial charge < -0.3 is 4.74 Å². The SMILES string of the molecule is CCCNC1(C#N)CC(C)(C)OC1(C)C. The molecule has 1 atom stereocenters. The highest BCUT2D eigenvalue weighted by molar-refractivity contribution is 5.22. The van der Waals surface area contributed by atoms with Crippen molar-refractivity contribution in [2.24, 2.45) is 0 Å². The third kappa shape index (κ3) is 2.16. The summed E-state index contributed by atoms with van der Waals surface area (Å²) in [5.74, 6) is 0. The largest absolute Gasteiger partial charge is 0.367 e. The van der Waals surface area contributed by atoms with E-state index in [4.69, 9.17) is 4.74 Å². The van der Waals surface area contributed by atoms with Crippen LogP contribution in [-0.2, 0) is 4.74 Å². The van der Waals surface area contributed by atoms with Crippen molar-refractivity contribution in [1.82, 2.24) is 5.32 Å². The molecule has 3 nitrogen and oxygen atoms in total. The molecule has 0 aromatic carbocycles. The van der Waals surface area contributed by atoms with Crippen molar-refractivity contribution in [1.29, 1.82) is 5.26 Å². The minimum absolute atomic E-state index is 0.222. The molecule has 1 fully saturated rings. The Bertz CT molecular complexity index is 278. The molecular formula is C12H22N2O. The van der Waals surface area contributed by atoms with Gasteiger partial charge in [0.15, 0.2) is 0 Å². The predicted octanol–water partition coefficient (Wildman–Crippen LogP) is 2.23. The van der Waals surface area contributed by atoms with Crippen LogP contribution in [0.2, 0.25) is 0 Å². The molecule has 1 saturated heterocycles. The quantitative estimate of drug-likeness (QED) is 0.777. The summed E-state index contributed by atoms with van der Waals surface area (Å²) < 4.78 is 5.96. The fraction of sp³-hybridized carbons (Fsp3) is 0.917. The molecule has 0 radical (unpaired) electrons. The fourth-order valence-electron chi connectivity index (χ4n) is 2.49. The van der Waals surface area contributed by atoms with Crippen LogP contribution < -0.4 is 5.32 Å². The van der Waals surface area contributed by atoms with Crippen LogP contribution >= 0.6 is 0 Å². The van der Waals surface area contributed by atoms with Gasteiger partial charge in [-0.3, -0.25) is 5.32 Å². The summed E-state index contributed by atoms with van der Waals surface area (Å²) in [6.07, 6.45) is 1.77. The summed E-state index contributed by atoms with van der Waals surface area (Å²) in [6.45, 7) is 11.0. The molecule has 0 saturated carbocycles. The van der Waals surface area contributed by atoms with Crippen LogP contribution in [0.1, 0.15) is 47.5 Å². The van der Waals surface area contributed by atoms with E-state index in [9.17, 15) is 5.26 Å². The summed E-state index contributed by atoms with van der Waals surface area (Å²) in [5.41, 5.74) is -1.20. The summed E-state index contributed by atoms with van der Waals surface area (Å²) in [6, 6.07) is 2.42. The van der Waals surface area contributed by atoms with Gasteiger partial charge in [0.25, 0.3) is 0 Å². The van der Waals surface area contributed by atoms with Gasteiger partial charge in [0.2, 0.25) is 0 Å². The highest BCUT2D eigenvalue weighted by Gasteiger charge is 2.57. The second-order valence-corrected chi connectivity index (χ2v) is 5.49. The summed E-state index contributed by atoms with van der Waals surface area (Å²) >= 11 is 0. The first-order valence-corrected chi connectivity index (χ1v) is 5.65. The lowest BCUT2D eigenvalue weighted by molar-refractivity contribution is -0.0765. The maximum absolute atomic E-state index is 9.42. The highest BCUT2D eigenvalue weighted by atomic mass is 16.5. The van der Waals surface area contributed by atoms with Crippen molar-refractivity contribution >= 4 is 0 Å². The molecule has 0 aliphatic carbocycles. The van der Waals surface area contributed by atoms with E-state index in [-0.39, 0.29) is 5.60 Å². The van der Waals surface area contributed by atoms with Crippen LogP contribution in [0.25, 0.3) is 0 Å². The van der Waals surface area contributed by atoms with E-state index in [1.54, 1.807) is 0 Å². The average molecular weight is 210 g/mol. The molecule has 0 spiro atoms. The molecule has 86 valence electrons. The molecule has 0 amide bonds. The topological polar surface area (TPSA) is 45.0 Å². The van der Waals surface area contributed by atoms with Gasteiger partial charge in [0, 0.05) is 6.42 Å². The molecule has 1 N–H and O–H groups in total. The van der Waals surface area contributed by atoms with Crippen LogP contribution in [0.4, 0.5) is 0 Å². The molecule has 1 aliphatic heterocycles. The van der Waals surface area contributed by atoms with Crippen LogP contribution in [0, 0.1) is 11.3 Å². The number of nitriles is 1. The van der Waals surface area contributed by atoms with Gasteiger partial charge in [-0.1, -0.05) is 6.92 Å². The Morgan fingerprint density at radius 1 is 1.33 bits per heavy atom. The van der Waals surface area contributed by atoms with E-state index in [2.05, 4.69) is 18.3 Å². The third-order valence-electron chi connectivity index (χ3n) is 3.12. The lowest BCUT2D eigenvalue weighted by atomic mass is 9.80. The van der Waals surface area contributed by atoms with Crippen molar-refractivity contribution in [3.05, 3.63) is 0 Å². The van der Waals surface area contributed by atoms with Crippen LogP contribution in [-0.4, -0.2) is 23.3 Å². The van der Waals surface area contributed by atoms with Crippen molar-refractivity contribution in [2.75, 3.05) is 6.54 Å². The smallest absolute Gasteiger partial charge is 0.138 e. The zero-order valence-electron chi connectivity index (χ0n) is 10.5. The molecule has 1 heterocycles. The van der Waals surface area contributed by atoms with E-state index in [1.807, 2.05) is 27.7 Å². The zero-order chi connectivity index (χ0) is 11.7. The predicted molar refractivity (Wildman–Crippen MR) is 60.5 cm³/mol. The number of hydrogen-bond acceptors (Lipinski definition) is 3. The van der Waals surface area contributed by atoms with E-state index >= 15 is 0 Å². The molecule has 0 aromatic heterocycles. The maximum atomic E-state index is 9.42. The van der Waals surface area contributed by atoms with Gasteiger partial charge >= 0.3 is 0 Å². The van der Waals surface area contributed by atoms with Crippen molar-refractivity contribution in [3.8, 4) is 6.07 Å². The number of rotatable bonds is 3. The molecule has 1 rings (SSSR count). The first-order chi connectivity index (χ1) is 6.79. The Hall–Kier alpha value is -0.590. The summed E-state index contributed by atoms with van der Waals surface area (Å²) in [4.78, 5) is 0. The highest BCUT2D eigenvalue weighted by Crippen LogP contribution is 2.44. The number of ether oxygens (including phenoxy) is 1. The van der Waals surface area contributed by atoms with Crippen LogP contribution in [0.5, 0.6) is 0 Å². The number of hydrogen-bond donors (Lipinski definition) is 1. The molecule has 3 heteroatoms. The third-order valence-corrected chi connectivity index (χ3v) is 3.12. The zero-order valence-corrected chi connectivity index (χ0v) is 10.5. The van der Waals surface area contributed by atoms with Gasteiger partial charge in [-0.2, -0.15) is 5.26 Å². The Kier molecular flexibility index (Phi) is 3.14. The van der Waals surface area contributed by atoms with E-state index < -0.39 is 11.1 Å². The maximum Gasteiger partial charge on any atom is 0.138 e. The Labute approximate surface area is 92.8 Å². The molecule has 1 unspecified atom stereocenters. The minimum Gasteiger partial charge on any atom is -0.367 e. The van der Waals surface area contributed by atoms with Crippen molar-refractivity contribution in [2.45, 2.75) is 64.2 Å². The van der Waals surface area contributed by atoms with Gasteiger partial charge in [-0.15, -0.1) is 0 Å². The van der Waals surface area contributed by atoms with Crippen LogP contribution in [0.15, 0.2) is 0 Å². The lowest BCUT2D eigenvalue weighted by Crippen LogP contribution is -2.56. The molecule has 0 aromatic rings. The monoisotopic (exact) mass is 210 g/mol. The Morgan fingerprint density at radius 3 is 2.27 bits per heavy atom. The van der Waals surface area contributed by atoms with Crippen molar-refractivity contribution < 1.29 is 4.74 Å². The second kappa shape index (κ2) is 3.77. The fourth-order valence-corrected chi connectivity index (χ4v) is 2.49. The summed E-state index contributed by atoms with van der Waals surface area (Å²) in [7, 11) is 0. The first-order valence-electron chi connectivity index (χ1n) is 5.65. The van der Waals surface area contributed by atoms with Crippen LogP contribution in [0.3, 0.4) is 0 Å². The normalized spacial score (nSPS) is 32.5. The second-order valence-electron chi connectivity index (χ2n) is 5.49. The van der Waals surface area contributed by atoms with Gasteiger partial charge in [-0.05, 0) is 40.7 Å². The van der Waals surface area contributed by atoms with Crippen molar-refractivity contribution in [3.63, 3.8) is 0 Å².